The van der Waals surface area contributed by atoms with Gasteiger partial charge in [-0.25, -0.2) is 0 Å². The average molecular weight is 411 g/mol. The molecule has 7 heteroatoms. The lowest BCUT2D eigenvalue weighted by Crippen LogP contribution is -2.53. The molecule has 1 unspecified atom stereocenters. The first-order chi connectivity index (χ1) is 14.2. The van der Waals surface area contributed by atoms with E-state index in [1.54, 1.807) is 0 Å². The third kappa shape index (κ3) is 5.05. The summed E-state index contributed by atoms with van der Waals surface area (Å²) in [5.74, 6) is 0.127. The number of benzene rings is 2. The number of carbonyl (C=O) groups is 1. The van der Waals surface area contributed by atoms with Gasteiger partial charge in [0.1, 0.15) is 6.10 Å². The second-order valence-corrected chi connectivity index (χ2v) is 7.70. The standard InChI is InChI=1S/C22H26N4O2S/c27-21(20-7-4-16-28-20)25-12-14-26(15-13-25)22(29)24-19-10-8-18(9-11-19)23-17-5-2-1-3-6-17/h1-3,5-6,8-11,20,23H,4,7,12-16H2,(H,24,29). The van der Waals surface area contributed by atoms with Crippen LogP contribution in [0.5, 0.6) is 0 Å². The molecule has 0 aromatic heterocycles. The van der Waals surface area contributed by atoms with Crippen LogP contribution >= 0.6 is 12.2 Å². The molecule has 1 atom stereocenters. The van der Waals surface area contributed by atoms with Crippen LogP contribution in [0.3, 0.4) is 0 Å². The zero-order valence-electron chi connectivity index (χ0n) is 16.3. The minimum Gasteiger partial charge on any atom is -0.368 e. The molecule has 2 N–H and O–H groups in total. The third-order valence-electron chi connectivity index (χ3n) is 5.28. The lowest BCUT2D eigenvalue weighted by molar-refractivity contribution is -0.142. The fourth-order valence-electron chi connectivity index (χ4n) is 3.63. The van der Waals surface area contributed by atoms with E-state index in [4.69, 9.17) is 17.0 Å². The van der Waals surface area contributed by atoms with Gasteiger partial charge < -0.3 is 25.2 Å². The van der Waals surface area contributed by atoms with Crippen LogP contribution in [0, 0.1) is 0 Å². The number of carbonyl (C=O) groups excluding carboxylic acids is 1. The Balaban J connectivity index is 1.26. The highest BCUT2D eigenvalue weighted by Crippen LogP contribution is 2.20. The minimum absolute atomic E-state index is 0.127. The van der Waals surface area contributed by atoms with Crippen LogP contribution in [0.1, 0.15) is 12.8 Å². The largest absolute Gasteiger partial charge is 0.368 e. The number of rotatable bonds is 4. The maximum Gasteiger partial charge on any atom is 0.251 e. The Morgan fingerprint density at radius 1 is 0.897 bits per heavy atom. The van der Waals surface area contributed by atoms with Crippen molar-refractivity contribution >= 4 is 40.3 Å². The summed E-state index contributed by atoms with van der Waals surface area (Å²) in [4.78, 5) is 16.5. The maximum atomic E-state index is 12.5. The van der Waals surface area contributed by atoms with Gasteiger partial charge in [0, 0.05) is 49.8 Å². The summed E-state index contributed by atoms with van der Waals surface area (Å²) in [6, 6.07) is 18.1. The molecule has 2 aliphatic rings. The van der Waals surface area contributed by atoms with E-state index in [-0.39, 0.29) is 12.0 Å². The lowest BCUT2D eigenvalue weighted by Gasteiger charge is -2.37. The van der Waals surface area contributed by atoms with Crippen molar-refractivity contribution in [2.45, 2.75) is 18.9 Å². The summed E-state index contributed by atoms with van der Waals surface area (Å²) >= 11 is 5.58. The summed E-state index contributed by atoms with van der Waals surface area (Å²) in [6.07, 6.45) is 1.58. The fourth-order valence-corrected chi connectivity index (χ4v) is 3.93. The van der Waals surface area contributed by atoms with E-state index in [9.17, 15) is 4.79 Å². The average Bonchev–Trinajstić information content (AvgIpc) is 3.30. The van der Waals surface area contributed by atoms with E-state index in [0.29, 0.717) is 24.8 Å². The summed E-state index contributed by atoms with van der Waals surface area (Å²) in [5.41, 5.74) is 3.03. The number of piperazine rings is 1. The number of thiocarbonyl (C=S) groups is 1. The first-order valence-corrected chi connectivity index (χ1v) is 10.5. The van der Waals surface area contributed by atoms with Crippen molar-refractivity contribution in [1.29, 1.82) is 0 Å². The molecule has 0 radical (unpaired) electrons. The van der Waals surface area contributed by atoms with Crippen LogP contribution < -0.4 is 10.6 Å². The van der Waals surface area contributed by atoms with Gasteiger partial charge in [0.25, 0.3) is 5.91 Å². The van der Waals surface area contributed by atoms with Gasteiger partial charge >= 0.3 is 0 Å². The second kappa shape index (κ2) is 9.24. The Morgan fingerprint density at radius 2 is 1.52 bits per heavy atom. The van der Waals surface area contributed by atoms with Crippen molar-refractivity contribution in [1.82, 2.24) is 9.80 Å². The molecule has 4 rings (SSSR count). The lowest BCUT2D eigenvalue weighted by atomic mass is 10.2. The van der Waals surface area contributed by atoms with Crippen molar-refractivity contribution in [2.24, 2.45) is 0 Å². The van der Waals surface area contributed by atoms with Gasteiger partial charge in [-0.2, -0.15) is 0 Å². The van der Waals surface area contributed by atoms with Gasteiger partial charge in [-0.1, -0.05) is 18.2 Å². The maximum absolute atomic E-state index is 12.5. The molecule has 0 bridgehead atoms. The Kier molecular flexibility index (Phi) is 6.27. The highest BCUT2D eigenvalue weighted by Gasteiger charge is 2.30. The van der Waals surface area contributed by atoms with E-state index < -0.39 is 0 Å². The van der Waals surface area contributed by atoms with E-state index >= 15 is 0 Å². The molecule has 2 heterocycles. The van der Waals surface area contributed by atoms with E-state index in [1.165, 1.54) is 0 Å². The zero-order chi connectivity index (χ0) is 20.1. The number of hydrogen-bond donors (Lipinski definition) is 2. The van der Waals surface area contributed by atoms with Crippen molar-refractivity contribution in [2.75, 3.05) is 43.4 Å². The molecule has 2 aliphatic heterocycles. The predicted octanol–water partition coefficient (Wildman–Crippen LogP) is 3.45. The molecule has 2 saturated heterocycles. The van der Waals surface area contributed by atoms with Gasteiger partial charge in [0.2, 0.25) is 0 Å². The van der Waals surface area contributed by atoms with Crippen LogP contribution in [0.4, 0.5) is 17.1 Å². The topological polar surface area (TPSA) is 56.8 Å². The van der Waals surface area contributed by atoms with Crippen molar-refractivity contribution < 1.29 is 9.53 Å². The third-order valence-corrected chi connectivity index (χ3v) is 5.64. The van der Waals surface area contributed by atoms with Gasteiger partial charge in [-0.3, -0.25) is 4.79 Å². The fraction of sp³-hybridized carbons (Fsp3) is 0.364. The molecule has 0 aliphatic carbocycles. The number of anilines is 3. The van der Waals surface area contributed by atoms with Gasteiger partial charge in [-0.15, -0.1) is 0 Å². The van der Waals surface area contributed by atoms with Gasteiger partial charge in [-0.05, 0) is 61.5 Å². The Bertz CT molecular complexity index is 830. The quantitative estimate of drug-likeness (QED) is 0.753. The molecule has 152 valence electrons. The predicted molar refractivity (Wildman–Crippen MR) is 120 cm³/mol. The molecule has 0 saturated carbocycles. The SMILES string of the molecule is O=C(C1CCCO1)N1CCN(C(=S)Nc2ccc(Nc3ccccc3)cc2)CC1. The zero-order valence-corrected chi connectivity index (χ0v) is 17.2. The van der Waals surface area contributed by atoms with Crippen LogP contribution in [-0.2, 0) is 9.53 Å². The monoisotopic (exact) mass is 410 g/mol. The van der Waals surface area contributed by atoms with Crippen LogP contribution in [0.15, 0.2) is 54.6 Å². The summed E-state index contributed by atoms with van der Waals surface area (Å²) < 4.78 is 5.52. The van der Waals surface area contributed by atoms with Crippen LogP contribution in [-0.4, -0.2) is 59.7 Å². The first-order valence-electron chi connectivity index (χ1n) is 10.1. The number of para-hydroxylation sites is 1. The number of ether oxygens (including phenoxy) is 1. The van der Waals surface area contributed by atoms with Crippen molar-refractivity contribution in [3.63, 3.8) is 0 Å². The second-order valence-electron chi connectivity index (χ2n) is 7.31. The summed E-state index contributed by atoms with van der Waals surface area (Å²) in [6.45, 7) is 3.53. The van der Waals surface area contributed by atoms with Crippen molar-refractivity contribution in [3.05, 3.63) is 54.6 Å². The van der Waals surface area contributed by atoms with Crippen molar-refractivity contribution in [3.8, 4) is 0 Å². The molecule has 0 spiro atoms. The van der Waals surface area contributed by atoms with Gasteiger partial charge in [0.15, 0.2) is 5.11 Å². The van der Waals surface area contributed by atoms with E-state index in [1.807, 2.05) is 59.5 Å². The summed E-state index contributed by atoms with van der Waals surface area (Å²) in [7, 11) is 0. The molecule has 29 heavy (non-hydrogen) atoms. The Hall–Kier alpha value is -2.64. The minimum atomic E-state index is -0.241. The molecule has 6 nitrogen and oxygen atoms in total. The normalized spacial score (nSPS) is 19.1. The van der Waals surface area contributed by atoms with Crippen LogP contribution in [0.25, 0.3) is 0 Å². The Labute approximate surface area is 176 Å². The smallest absolute Gasteiger partial charge is 0.251 e. The molecular formula is C22H26N4O2S. The van der Waals surface area contributed by atoms with Gasteiger partial charge in [0.05, 0.1) is 0 Å². The number of nitrogens with one attached hydrogen (secondary N) is 2. The molecule has 2 fully saturated rings. The van der Waals surface area contributed by atoms with E-state index in [0.717, 1.165) is 43.0 Å². The van der Waals surface area contributed by atoms with Crippen LogP contribution in [0.2, 0.25) is 0 Å². The van der Waals surface area contributed by atoms with E-state index in [2.05, 4.69) is 15.5 Å². The Morgan fingerprint density at radius 3 is 2.17 bits per heavy atom. The number of nitrogens with zero attached hydrogens (tertiary/aromatic N) is 2. The number of amides is 1. The highest BCUT2D eigenvalue weighted by atomic mass is 32.1. The summed E-state index contributed by atoms with van der Waals surface area (Å²) in [5, 5.41) is 7.36. The highest BCUT2D eigenvalue weighted by molar-refractivity contribution is 7.80. The first kappa shape index (κ1) is 19.7. The molecule has 2 aromatic carbocycles. The molecular weight excluding hydrogens is 384 g/mol. The molecule has 1 amide bonds. The number of hydrogen-bond acceptors (Lipinski definition) is 4. The molecule has 2 aromatic rings.